The van der Waals surface area contributed by atoms with Crippen molar-refractivity contribution in [2.24, 2.45) is 11.3 Å². The van der Waals surface area contributed by atoms with E-state index < -0.39 is 0 Å². The predicted octanol–water partition coefficient (Wildman–Crippen LogP) is 2.71. The van der Waals surface area contributed by atoms with E-state index in [-0.39, 0.29) is 5.91 Å². The van der Waals surface area contributed by atoms with Gasteiger partial charge < -0.3 is 10.6 Å². The van der Waals surface area contributed by atoms with Crippen molar-refractivity contribution < 1.29 is 4.79 Å². The summed E-state index contributed by atoms with van der Waals surface area (Å²) < 4.78 is 0. The summed E-state index contributed by atoms with van der Waals surface area (Å²) in [4.78, 5) is 11.6. The Balaban J connectivity index is 2.12. The average molecular weight is 254 g/mol. The number of hydrogen-bond acceptors (Lipinski definition) is 2. The Bertz CT molecular complexity index is 261. The Morgan fingerprint density at radius 1 is 1.39 bits per heavy atom. The molecule has 1 amide bonds. The molecule has 0 aromatic heterocycles. The summed E-state index contributed by atoms with van der Waals surface area (Å²) in [7, 11) is 0. The highest BCUT2D eigenvalue weighted by Crippen LogP contribution is 2.34. The van der Waals surface area contributed by atoms with Crippen LogP contribution in [-0.4, -0.2) is 25.0 Å². The maximum atomic E-state index is 11.6. The molecule has 2 N–H and O–H groups in total. The van der Waals surface area contributed by atoms with Crippen LogP contribution in [0.5, 0.6) is 0 Å². The first-order valence-corrected chi connectivity index (χ1v) is 7.39. The van der Waals surface area contributed by atoms with Crippen LogP contribution in [-0.2, 0) is 4.79 Å². The third kappa shape index (κ3) is 6.39. The standard InChI is InChI=1S/C15H30N2O/c1-12(2)11-17-14(18)7-9-16-13-6-5-8-15(3,4)10-13/h12-13,16H,5-11H2,1-4H3,(H,17,18). The molecule has 1 fully saturated rings. The van der Waals surface area contributed by atoms with Crippen LogP contribution in [0.15, 0.2) is 0 Å². The van der Waals surface area contributed by atoms with Crippen LogP contribution in [0.3, 0.4) is 0 Å². The molecule has 1 rings (SSSR count). The number of amides is 1. The highest BCUT2D eigenvalue weighted by molar-refractivity contribution is 5.76. The van der Waals surface area contributed by atoms with Gasteiger partial charge in [0, 0.05) is 25.6 Å². The van der Waals surface area contributed by atoms with E-state index in [0.29, 0.717) is 23.8 Å². The molecule has 0 heterocycles. The summed E-state index contributed by atoms with van der Waals surface area (Å²) in [5.41, 5.74) is 0.468. The number of nitrogens with one attached hydrogen (secondary N) is 2. The molecular formula is C15H30N2O. The van der Waals surface area contributed by atoms with Gasteiger partial charge in [0.2, 0.25) is 5.91 Å². The van der Waals surface area contributed by atoms with Crippen molar-refractivity contribution in [1.29, 1.82) is 0 Å². The second-order valence-corrected chi connectivity index (χ2v) is 6.86. The molecule has 3 heteroatoms. The lowest BCUT2D eigenvalue weighted by Crippen LogP contribution is -2.39. The van der Waals surface area contributed by atoms with Gasteiger partial charge >= 0.3 is 0 Å². The predicted molar refractivity (Wildman–Crippen MR) is 76.5 cm³/mol. The van der Waals surface area contributed by atoms with Gasteiger partial charge in [0.25, 0.3) is 0 Å². The molecule has 1 saturated carbocycles. The van der Waals surface area contributed by atoms with Crippen molar-refractivity contribution in [3.8, 4) is 0 Å². The van der Waals surface area contributed by atoms with E-state index in [9.17, 15) is 4.79 Å². The monoisotopic (exact) mass is 254 g/mol. The fourth-order valence-corrected chi connectivity index (χ4v) is 2.67. The van der Waals surface area contributed by atoms with Crippen molar-refractivity contribution >= 4 is 5.91 Å². The molecule has 1 aliphatic carbocycles. The first-order valence-electron chi connectivity index (χ1n) is 7.39. The Labute approximate surface area is 112 Å². The van der Waals surface area contributed by atoms with Crippen LogP contribution >= 0.6 is 0 Å². The Morgan fingerprint density at radius 2 is 2.11 bits per heavy atom. The molecule has 0 aromatic carbocycles. The van der Waals surface area contributed by atoms with Crippen molar-refractivity contribution in [2.75, 3.05) is 13.1 Å². The lowest BCUT2D eigenvalue weighted by atomic mass is 9.75. The minimum absolute atomic E-state index is 0.172. The van der Waals surface area contributed by atoms with E-state index in [1.165, 1.54) is 25.7 Å². The number of carbonyl (C=O) groups is 1. The van der Waals surface area contributed by atoms with Crippen LogP contribution in [0.2, 0.25) is 0 Å². The maximum Gasteiger partial charge on any atom is 0.221 e. The van der Waals surface area contributed by atoms with Crippen molar-refractivity contribution in [2.45, 2.75) is 65.8 Å². The summed E-state index contributed by atoms with van der Waals surface area (Å²) in [6.07, 6.45) is 5.74. The Hall–Kier alpha value is -0.570. The quantitative estimate of drug-likeness (QED) is 0.765. The highest BCUT2D eigenvalue weighted by atomic mass is 16.1. The molecule has 0 bridgehead atoms. The summed E-state index contributed by atoms with van der Waals surface area (Å²) in [6.45, 7) is 10.5. The molecule has 1 atom stereocenters. The van der Waals surface area contributed by atoms with Crippen molar-refractivity contribution in [3.63, 3.8) is 0 Å². The smallest absolute Gasteiger partial charge is 0.221 e. The van der Waals surface area contributed by atoms with Gasteiger partial charge in [-0.15, -0.1) is 0 Å². The van der Waals surface area contributed by atoms with Crippen molar-refractivity contribution in [3.05, 3.63) is 0 Å². The van der Waals surface area contributed by atoms with Gasteiger partial charge in [0.15, 0.2) is 0 Å². The van der Waals surface area contributed by atoms with Gasteiger partial charge in [-0.3, -0.25) is 4.79 Å². The zero-order valence-electron chi connectivity index (χ0n) is 12.5. The van der Waals surface area contributed by atoms with Gasteiger partial charge in [0.05, 0.1) is 0 Å². The number of rotatable bonds is 6. The summed E-state index contributed by atoms with van der Waals surface area (Å²) in [5.74, 6) is 0.701. The topological polar surface area (TPSA) is 41.1 Å². The zero-order valence-corrected chi connectivity index (χ0v) is 12.5. The van der Waals surface area contributed by atoms with Gasteiger partial charge in [-0.25, -0.2) is 0 Å². The van der Waals surface area contributed by atoms with Gasteiger partial charge in [-0.05, 0) is 30.6 Å². The molecule has 18 heavy (non-hydrogen) atoms. The molecule has 1 unspecified atom stereocenters. The lowest BCUT2D eigenvalue weighted by Gasteiger charge is -2.35. The summed E-state index contributed by atoms with van der Waals surface area (Å²) >= 11 is 0. The van der Waals surface area contributed by atoms with Crippen LogP contribution in [0.1, 0.15) is 59.8 Å². The molecule has 106 valence electrons. The van der Waals surface area contributed by atoms with E-state index in [4.69, 9.17) is 0 Å². The molecular weight excluding hydrogens is 224 g/mol. The normalized spacial score (nSPS) is 23.1. The van der Waals surface area contributed by atoms with Gasteiger partial charge in [0.1, 0.15) is 0 Å². The van der Waals surface area contributed by atoms with E-state index >= 15 is 0 Å². The third-order valence-electron chi connectivity index (χ3n) is 3.70. The largest absolute Gasteiger partial charge is 0.356 e. The molecule has 0 aliphatic heterocycles. The maximum absolute atomic E-state index is 11.6. The lowest BCUT2D eigenvalue weighted by molar-refractivity contribution is -0.121. The first-order chi connectivity index (χ1) is 8.39. The Morgan fingerprint density at radius 3 is 2.72 bits per heavy atom. The van der Waals surface area contributed by atoms with E-state index in [1.54, 1.807) is 0 Å². The highest BCUT2D eigenvalue weighted by Gasteiger charge is 2.27. The van der Waals surface area contributed by atoms with Crippen LogP contribution in [0, 0.1) is 11.3 Å². The zero-order chi connectivity index (χ0) is 13.6. The van der Waals surface area contributed by atoms with Crippen LogP contribution in [0.4, 0.5) is 0 Å². The minimum atomic E-state index is 0.172. The fraction of sp³-hybridized carbons (Fsp3) is 0.933. The second-order valence-electron chi connectivity index (χ2n) is 6.86. The summed E-state index contributed by atoms with van der Waals surface area (Å²) in [6, 6.07) is 0.603. The average Bonchev–Trinajstić information content (AvgIpc) is 2.25. The van der Waals surface area contributed by atoms with Gasteiger partial charge in [-0.2, -0.15) is 0 Å². The number of carbonyl (C=O) groups excluding carboxylic acids is 1. The molecule has 0 saturated heterocycles. The van der Waals surface area contributed by atoms with Crippen molar-refractivity contribution in [1.82, 2.24) is 10.6 Å². The second kappa shape index (κ2) is 7.13. The SMILES string of the molecule is CC(C)CNC(=O)CCNC1CCCC(C)(C)C1. The van der Waals surface area contributed by atoms with E-state index in [2.05, 4.69) is 38.3 Å². The molecule has 3 nitrogen and oxygen atoms in total. The first kappa shape index (κ1) is 15.5. The van der Waals surface area contributed by atoms with E-state index in [1.807, 2.05) is 0 Å². The molecule has 0 spiro atoms. The minimum Gasteiger partial charge on any atom is -0.356 e. The fourth-order valence-electron chi connectivity index (χ4n) is 2.67. The van der Waals surface area contributed by atoms with Gasteiger partial charge in [-0.1, -0.05) is 34.1 Å². The van der Waals surface area contributed by atoms with Crippen LogP contribution < -0.4 is 10.6 Å². The summed E-state index contributed by atoms with van der Waals surface area (Å²) in [5, 5.41) is 6.49. The Kier molecular flexibility index (Phi) is 6.13. The molecule has 1 aliphatic rings. The molecule has 0 radical (unpaired) electrons. The number of hydrogen-bond donors (Lipinski definition) is 2. The van der Waals surface area contributed by atoms with Crippen LogP contribution in [0.25, 0.3) is 0 Å². The molecule has 0 aromatic rings. The third-order valence-corrected chi connectivity index (χ3v) is 3.70. The van der Waals surface area contributed by atoms with E-state index in [0.717, 1.165) is 13.1 Å².